The number of anilines is 2. The molecule has 3 aromatic rings. The number of hydrogen-bond acceptors (Lipinski definition) is 9. The zero-order valence-corrected chi connectivity index (χ0v) is 29.8. The number of halogens is 1. The number of allylic oxidation sites excluding steroid dienone is 2. The van der Waals surface area contributed by atoms with E-state index in [0.29, 0.717) is 40.3 Å². The molecule has 0 aromatic heterocycles. The maximum atomic E-state index is 12.9. The maximum absolute atomic E-state index is 12.9. The molecule has 0 spiro atoms. The second kappa shape index (κ2) is 18.1. The van der Waals surface area contributed by atoms with Crippen molar-refractivity contribution in [2.24, 2.45) is 0 Å². The molecule has 11 nitrogen and oxygen atoms in total. The number of carbonyl (C=O) groups excluding carboxylic acids is 3. The van der Waals surface area contributed by atoms with Crippen molar-refractivity contribution in [2.45, 2.75) is 32.6 Å². The molecule has 3 N–H and O–H groups in total. The zero-order chi connectivity index (χ0) is 34.8. The molecule has 2 aliphatic heterocycles. The third kappa shape index (κ3) is 9.36. The average molecular weight is 704 g/mol. The largest absolute Gasteiger partial charge is 0.466 e. The molecule has 2 aliphatic rings. The highest BCUT2D eigenvalue weighted by atomic mass is 35.5. The van der Waals surface area contributed by atoms with Gasteiger partial charge in [0, 0.05) is 43.3 Å². The number of esters is 2. The summed E-state index contributed by atoms with van der Waals surface area (Å²) in [5.41, 5.74) is 4.03. The van der Waals surface area contributed by atoms with Gasteiger partial charge in [0.05, 0.1) is 37.0 Å². The Morgan fingerprint density at radius 1 is 0.820 bits per heavy atom. The number of urea groups is 1. The van der Waals surface area contributed by atoms with E-state index in [1.807, 2.05) is 54.6 Å². The molecule has 0 saturated carbocycles. The van der Waals surface area contributed by atoms with Crippen LogP contribution in [0, 0.1) is 0 Å². The van der Waals surface area contributed by atoms with Gasteiger partial charge in [0.1, 0.15) is 5.75 Å². The number of nitrogens with one attached hydrogen (secondary N) is 3. The van der Waals surface area contributed by atoms with Gasteiger partial charge < -0.3 is 40.0 Å². The van der Waals surface area contributed by atoms with Crippen LogP contribution in [0.4, 0.5) is 16.2 Å². The van der Waals surface area contributed by atoms with Crippen molar-refractivity contribution in [3.05, 3.63) is 107 Å². The van der Waals surface area contributed by atoms with Crippen LogP contribution in [0.15, 0.2) is 101 Å². The van der Waals surface area contributed by atoms with E-state index in [2.05, 4.69) is 31.8 Å². The first-order chi connectivity index (χ1) is 23.8. The van der Waals surface area contributed by atoms with Crippen LogP contribution in [0.3, 0.4) is 0 Å². The number of dihydropyridines is 1. The van der Waals surface area contributed by atoms with E-state index in [4.69, 9.17) is 14.2 Å². The lowest BCUT2D eigenvalue weighted by Crippen LogP contribution is -2.34. The van der Waals surface area contributed by atoms with Crippen molar-refractivity contribution in [1.82, 2.24) is 15.5 Å². The van der Waals surface area contributed by atoms with Crippen LogP contribution in [-0.2, 0) is 19.1 Å². The van der Waals surface area contributed by atoms with Crippen molar-refractivity contribution in [1.29, 1.82) is 0 Å². The minimum atomic E-state index is -0.736. The molecule has 3 aromatic carbocycles. The molecule has 0 bridgehead atoms. The second-order valence-corrected chi connectivity index (χ2v) is 12.0. The Balaban J connectivity index is 0.00000562. The van der Waals surface area contributed by atoms with Gasteiger partial charge in [-0.15, -0.1) is 12.4 Å². The van der Waals surface area contributed by atoms with Gasteiger partial charge in [0.2, 0.25) is 0 Å². The summed E-state index contributed by atoms with van der Waals surface area (Å²) >= 11 is 0. The van der Waals surface area contributed by atoms with E-state index in [1.54, 1.807) is 32.0 Å². The van der Waals surface area contributed by atoms with E-state index < -0.39 is 17.9 Å². The standard InChI is InChI=1S/C38H45N5O6.ClH/c1-26-33(36(44)47-3)35(34(27(2)40-26)37(45)48-4)28-13-10-14-29(25-28)41-38(46)39-19-11-20-42-21-12-22-43(24-23-42)31-17-8-9-18-32(31)49-30-15-6-5-7-16-30;/h5-10,13-18,25,35,40H,11-12,19-24H2,1-4H3,(H2,39,41,46);1H. The molecule has 0 radical (unpaired) electrons. The van der Waals surface area contributed by atoms with Crippen LogP contribution in [0.2, 0.25) is 0 Å². The van der Waals surface area contributed by atoms with Gasteiger partial charge in [-0.05, 0) is 81.7 Å². The summed E-state index contributed by atoms with van der Waals surface area (Å²) < 4.78 is 16.3. The molecule has 12 heteroatoms. The third-order valence-corrected chi connectivity index (χ3v) is 8.75. The lowest BCUT2D eigenvalue weighted by molar-refractivity contribution is -0.137. The van der Waals surface area contributed by atoms with Gasteiger partial charge in [-0.2, -0.15) is 0 Å². The summed E-state index contributed by atoms with van der Waals surface area (Å²) in [5.74, 6) is -0.180. The number of carbonyl (C=O) groups is 3. The van der Waals surface area contributed by atoms with Gasteiger partial charge in [-0.25, -0.2) is 14.4 Å². The van der Waals surface area contributed by atoms with Crippen LogP contribution < -0.4 is 25.6 Å². The Morgan fingerprint density at radius 3 is 2.20 bits per heavy atom. The van der Waals surface area contributed by atoms with Crippen molar-refractivity contribution in [2.75, 3.05) is 63.7 Å². The molecule has 266 valence electrons. The Labute approximate surface area is 300 Å². The van der Waals surface area contributed by atoms with Gasteiger partial charge in [0.25, 0.3) is 0 Å². The fourth-order valence-corrected chi connectivity index (χ4v) is 6.42. The van der Waals surface area contributed by atoms with E-state index in [9.17, 15) is 14.4 Å². The van der Waals surface area contributed by atoms with Crippen molar-refractivity contribution < 1.29 is 28.6 Å². The van der Waals surface area contributed by atoms with E-state index >= 15 is 0 Å². The van der Waals surface area contributed by atoms with Crippen molar-refractivity contribution in [3.8, 4) is 11.5 Å². The van der Waals surface area contributed by atoms with Crippen LogP contribution in [0.5, 0.6) is 11.5 Å². The smallest absolute Gasteiger partial charge is 0.336 e. The predicted octanol–water partition coefficient (Wildman–Crippen LogP) is 6.21. The summed E-state index contributed by atoms with van der Waals surface area (Å²) in [6, 6.07) is 24.8. The molecular weight excluding hydrogens is 658 g/mol. The zero-order valence-electron chi connectivity index (χ0n) is 29.0. The second-order valence-electron chi connectivity index (χ2n) is 12.0. The lowest BCUT2D eigenvalue weighted by atomic mass is 9.80. The summed E-state index contributed by atoms with van der Waals surface area (Å²) in [7, 11) is 2.60. The van der Waals surface area contributed by atoms with Crippen molar-refractivity contribution in [3.63, 3.8) is 0 Å². The Morgan fingerprint density at radius 2 is 1.50 bits per heavy atom. The molecule has 2 heterocycles. The molecule has 0 unspecified atom stereocenters. The predicted molar refractivity (Wildman–Crippen MR) is 197 cm³/mol. The molecule has 2 amide bonds. The number of nitrogens with zero attached hydrogens (tertiary/aromatic N) is 2. The van der Waals surface area contributed by atoms with Crippen LogP contribution in [0.1, 0.15) is 38.2 Å². The third-order valence-electron chi connectivity index (χ3n) is 8.75. The number of amides is 2. The van der Waals surface area contributed by atoms with Gasteiger partial charge in [0.15, 0.2) is 5.75 Å². The van der Waals surface area contributed by atoms with Crippen LogP contribution >= 0.6 is 12.4 Å². The first-order valence-corrected chi connectivity index (χ1v) is 16.6. The Bertz CT molecular complexity index is 1670. The molecular formula is C38H46ClN5O6. The number of methoxy groups -OCH3 is 2. The van der Waals surface area contributed by atoms with Crippen molar-refractivity contribution >= 4 is 41.8 Å². The molecule has 1 fully saturated rings. The number of rotatable bonds is 11. The molecule has 1 saturated heterocycles. The highest BCUT2D eigenvalue weighted by Crippen LogP contribution is 2.40. The van der Waals surface area contributed by atoms with Gasteiger partial charge in [-0.3, -0.25) is 0 Å². The number of ether oxygens (including phenoxy) is 3. The normalized spacial score (nSPS) is 15.3. The summed E-state index contributed by atoms with van der Waals surface area (Å²) in [5, 5.41) is 8.95. The molecule has 0 atom stereocenters. The number of hydrogen-bond donors (Lipinski definition) is 3. The highest BCUT2D eigenvalue weighted by Gasteiger charge is 2.37. The quantitative estimate of drug-likeness (QED) is 0.158. The Kier molecular flexibility index (Phi) is 13.7. The van der Waals surface area contributed by atoms with Crippen LogP contribution in [0.25, 0.3) is 0 Å². The fraction of sp³-hybridized carbons (Fsp3) is 0.342. The lowest BCUT2D eigenvalue weighted by Gasteiger charge is -2.30. The maximum Gasteiger partial charge on any atom is 0.336 e. The minimum Gasteiger partial charge on any atom is -0.466 e. The number of para-hydroxylation sites is 3. The Hall–Kier alpha value is -5.00. The molecule has 5 rings (SSSR count). The van der Waals surface area contributed by atoms with Gasteiger partial charge >= 0.3 is 18.0 Å². The van der Waals surface area contributed by atoms with E-state index in [-0.39, 0.29) is 18.4 Å². The molecule has 0 aliphatic carbocycles. The number of benzene rings is 3. The first kappa shape index (κ1) is 37.8. The van der Waals surface area contributed by atoms with E-state index in [0.717, 1.165) is 62.8 Å². The first-order valence-electron chi connectivity index (χ1n) is 16.6. The summed E-state index contributed by atoms with van der Waals surface area (Å²) in [6.07, 6.45) is 1.83. The molecule has 50 heavy (non-hydrogen) atoms. The van der Waals surface area contributed by atoms with Crippen LogP contribution in [-0.4, -0.2) is 76.4 Å². The average Bonchev–Trinajstić information content (AvgIpc) is 3.35. The SMILES string of the molecule is COC(=O)C1=C(C)NC(C)=C(C(=O)OC)C1c1cccc(NC(=O)NCCCN2CCCN(c3ccccc3Oc3ccccc3)CC2)c1.Cl. The fourth-order valence-electron chi connectivity index (χ4n) is 6.42. The highest BCUT2D eigenvalue weighted by molar-refractivity contribution is 6.00. The van der Waals surface area contributed by atoms with Gasteiger partial charge in [-0.1, -0.05) is 42.5 Å². The monoisotopic (exact) mass is 703 g/mol. The van der Waals surface area contributed by atoms with E-state index in [1.165, 1.54) is 14.2 Å². The summed E-state index contributed by atoms with van der Waals surface area (Å²) in [4.78, 5) is 43.4. The minimum absolute atomic E-state index is 0. The summed E-state index contributed by atoms with van der Waals surface area (Å²) in [6.45, 7) is 8.62. The topological polar surface area (TPSA) is 121 Å².